The van der Waals surface area contributed by atoms with E-state index in [1.54, 1.807) is 11.3 Å². The third-order valence-electron chi connectivity index (χ3n) is 3.11. The third-order valence-corrected chi connectivity index (χ3v) is 5.06. The Morgan fingerprint density at radius 1 is 1.26 bits per heavy atom. The van der Waals surface area contributed by atoms with Gasteiger partial charge in [-0.25, -0.2) is 0 Å². The lowest BCUT2D eigenvalue weighted by Gasteiger charge is -2.05. The molecule has 0 atom stereocenters. The maximum atomic E-state index is 6.09. The van der Waals surface area contributed by atoms with Crippen molar-refractivity contribution in [3.63, 3.8) is 0 Å². The molecule has 0 radical (unpaired) electrons. The van der Waals surface area contributed by atoms with Crippen molar-refractivity contribution in [2.24, 2.45) is 0 Å². The zero-order valence-corrected chi connectivity index (χ0v) is 13.2. The smallest absolute Gasteiger partial charge is 0.178 e. The minimum atomic E-state index is 0.532. The summed E-state index contributed by atoms with van der Waals surface area (Å²) in [6, 6.07) is 3.67. The predicted molar refractivity (Wildman–Crippen MR) is 85.3 cm³/mol. The molecular weight excluding hydrogens is 319 g/mol. The number of benzene rings is 1. The molecule has 1 aromatic carbocycles. The van der Waals surface area contributed by atoms with Crippen LogP contribution in [0.25, 0.3) is 11.0 Å². The Kier molecular flexibility index (Phi) is 3.43. The molecule has 0 aliphatic carbocycles. The van der Waals surface area contributed by atoms with Gasteiger partial charge in [-0.2, -0.15) is 11.3 Å². The topological polar surface area (TPSA) is 20.7 Å². The number of aromatic nitrogens is 2. The molecule has 0 spiro atoms. The Morgan fingerprint density at radius 2 is 2.00 bits per heavy atom. The van der Waals surface area contributed by atoms with Crippen LogP contribution in [0.4, 0.5) is 0 Å². The maximum absolute atomic E-state index is 6.09. The van der Waals surface area contributed by atoms with Crippen LogP contribution in [0.2, 0.25) is 10.0 Å². The molecule has 2 aromatic heterocycles. The lowest BCUT2D eigenvalue weighted by atomic mass is 10.2. The van der Waals surface area contributed by atoms with Crippen LogP contribution in [0.1, 0.15) is 11.1 Å². The van der Waals surface area contributed by atoms with E-state index in [9.17, 15) is 0 Å². The van der Waals surface area contributed by atoms with Crippen molar-refractivity contribution < 1.29 is 0 Å². The Labute approximate surface area is 129 Å². The number of rotatable bonds is 2. The fraction of sp³-hybridized carbons (Fsp3) is 0.154. The average molecular weight is 329 g/mol. The van der Waals surface area contributed by atoms with Gasteiger partial charge in [-0.3, -0.25) is 0 Å². The fourth-order valence-corrected chi connectivity index (χ4v) is 3.47. The van der Waals surface area contributed by atoms with Gasteiger partial charge in [0.2, 0.25) is 0 Å². The van der Waals surface area contributed by atoms with Crippen LogP contribution >= 0.6 is 46.8 Å². The number of nitrogens with zero attached hydrogens (tertiary/aromatic N) is 1. The van der Waals surface area contributed by atoms with Gasteiger partial charge >= 0.3 is 0 Å². The summed E-state index contributed by atoms with van der Waals surface area (Å²) in [6.07, 6.45) is 0. The minimum Gasteiger partial charge on any atom is -0.331 e. The van der Waals surface area contributed by atoms with E-state index in [4.69, 9.17) is 35.4 Å². The molecule has 0 saturated carbocycles. The van der Waals surface area contributed by atoms with Gasteiger partial charge in [-0.1, -0.05) is 23.2 Å². The van der Waals surface area contributed by atoms with E-state index in [-0.39, 0.29) is 0 Å². The first-order valence-corrected chi connectivity index (χ1v) is 7.76. The summed E-state index contributed by atoms with van der Waals surface area (Å²) in [5.74, 6) is 0. The molecule has 1 N–H and O–H groups in total. The second-order valence-electron chi connectivity index (χ2n) is 4.38. The summed E-state index contributed by atoms with van der Waals surface area (Å²) >= 11 is 19.2. The molecule has 0 fully saturated rings. The van der Waals surface area contributed by atoms with Crippen LogP contribution in [-0.4, -0.2) is 9.55 Å². The Hall–Kier alpha value is -0.810. The van der Waals surface area contributed by atoms with Gasteiger partial charge < -0.3 is 9.55 Å². The van der Waals surface area contributed by atoms with Crippen LogP contribution in [0.3, 0.4) is 0 Å². The van der Waals surface area contributed by atoms with E-state index in [2.05, 4.69) is 22.7 Å². The molecule has 0 amide bonds. The first kappa shape index (κ1) is 13.2. The standard InChI is InChI=1S/C13H10Cl2N2S2/c1-7-5-19-6-8(7)4-17-12-3-10(15)9(14)2-11(12)16-13(17)18/h2-3,5-6H,4H2,1H3,(H,16,18). The molecule has 3 rings (SSSR count). The number of imidazole rings is 1. The van der Waals surface area contributed by atoms with Crippen molar-refractivity contribution in [2.75, 3.05) is 0 Å². The Morgan fingerprint density at radius 3 is 2.68 bits per heavy atom. The normalized spacial score (nSPS) is 11.3. The molecule has 2 nitrogen and oxygen atoms in total. The van der Waals surface area contributed by atoms with E-state index >= 15 is 0 Å². The first-order valence-electron chi connectivity index (χ1n) is 5.65. The number of hydrogen-bond acceptors (Lipinski definition) is 2. The van der Waals surface area contributed by atoms with Gasteiger partial charge in [0.15, 0.2) is 4.77 Å². The second-order valence-corrected chi connectivity index (χ2v) is 6.32. The lowest BCUT2D eigenvalue weighted by Crippen LogP contribution is -1.99. The molecule has 0 unspecified atom stereocenters. The van der Waals surface area contributed by atoms with Crippen molar-refractivity contribution in [1.29, 1.82) is 0 Å². The van der Waals surface area contributed by atoms with Crippen LogP contribution in [0, 0.1) is 11.7 Å². The highest BCUT2D eigenvalue weighted by Crippen LogP contribution is 2.28. The van der Waals surface area contributed by atoms with E-state index in [0.717, 1.165) is 17.6 Å². The number of halogens is 2. The van der Waals surface area contributed by atoms with Crippen LogP contribution < -0.4 is 0 Å². The Balaban J connectivity index is 2.18. The number of H-pyrrole nitrogens is 1. The van der Waals surface area contributed by atoms with Gasteiger partial charge in [-0.05, 0) is 53.2 Å². The highest BCUT2D eigenvalue weighted by atomic mass is 35.5. The number of hydrogen-bond donors (Lipinski definition) is 1. The Bertz CT molecular complexity index is 814. The van der Waals surface area contributed by atoms with Crippen molar-refractivity contribution in [3.8, 4) is 0 Å². The summed E-state index contributed by atoms with van der Waals surface area (Å²) in [4.78, 5) is 3.17. The summed E-state index contributed by atoms with van der Waals surface area (Å²) in [5, 5.41) is 5.36. The van der Waals surface area contributed by atoms with Crippen LogP contribution in [-0.2, 0) is 6.54 Å². The van der Waals surface area contributed by atoms with E-state index in [1.165, 1.54) is 11.1 Å². The maximum Gasteiger partial charge on any atom is 0.178 e. The molecule has 6 heteroatoms. The van der Waals surface area contributed by atoms with Gasteiger partial charge in [0, 0.05) is 0 Å². The highest BCUT2D eigenvalue weighted by molar-refractivity contribution is 7.71. The average Bonchev–Trinajstić information content (AvgIpc) is 2.88. The monoisotopic (exact) mass is 328 g/mol. The molecule has 3 aromatic rings. The van der Waals surface area contributed by atoms with Crippen LogP contribution in [0.15, 0.2) is 22.9 Å². The minimum absolute atomic E-state index is 0.532. The van der Waals surface area contributed by atoms with E-state index < -0.39 is 0 Å². The zero-order chi connectivity index (χ0) is 13.6. The largest absolute Gasteiger partial charge is 0.331 e. The fourth-order valence-electron chi connectivity index (χ4n) is 2.03. The molecular formula is C13H10Cl2N2S2. The third kappa shape index (κ3) is 2.34. The zero-order valence-electron chi connectivity index (χ0n) is 10.0. The number of aryl methyl sites for hydroxylation is 1. The second kappa shape index (κ2) is 4.94. The van der Waals surface area contributed by atoms with E-state index in [1.807, 2.05) is 16.7 Å². The summed E-state index contributed by atoms with van der Waals surface area (Å²) in [7, 11) is 0. The van der Waals surface area contributed by atoms with Gasteiger partial charge in [0.25, 0.3) is 0 Å². The van der Waals surface area contributed by atoms with Crippen molar-refractivity contribution in [2.45, 2.75) is 13.5 Å². The molecule has 0 aliphatic rings. The number of aromatic amines is 1. The number of fused-ring (bicyclic) bond motifs is 1. The van der Waals surface area contributed by atoms with Crippen LogP contribution in [0.5, 0.6) is 0 Å². The first-order chi connectivity index (χ1) is 9.06. The van der Waals surface area contributed by atoms with Gasteiger partial charge in [0.1, 0.15) is 0 Å². The number of thiophene rings is 1. The SMILES string of the molecule is Cc1cscc1Cn1c(=S)[nH]c2cc(Cl)c(Cl)cc21. The highest BCUT2D eigenvalue weighted by Gasteiger charge is 2.10. The molecule has 0 saturated heterocycles. The quantitative estimate of drug-likeness (QED) is 0.622. The number of nitrogens with one attached hydrogen (secondary N) is 1. The van der Waals surface area contributed by atoms with Gasteiger partial charge in [0.05, 0.1) is 27.6 Å². The molecule has 19 heavy (non-hydrogen) atoms. The molecule has 98 valence electrons. The molecule has 0 aliphatic heterocycles. The lowest BCUT2D eigenvalue weighted by molar-refractivity contribution is 0.809. The predicted octanol–water partition coefficient (Wildman–Crippen LogP) is 5.42. The van der Waals surface area contributed by atoms with Crippen molar-refractivity contribution >= 4 is 57.8 Å². The molecule has 0 bridgehead atoms. The summed E-state index contributed by atoms with van der Waals surface area (Å²) in [6.45, 7) is 2.85. The molecule has 2 heterocycles. The summed E-state index contributed by atoms with van der Waals surface area (Å²) in [5.41, 5.74) is 4.44. The van der Waals surface area contributed by atoms with Gasteiger partial charge in [-0.15, -0.1) is 0 Å². The van der Waals surface area contributed by atoms with E-state index in [0.29, 0.717) is 14.8 Å². The van der Waals surface area contributed by atoms with Crippen molar-refractivity contribution in [1.82, 2.24) is 9.55 Å². The summed E-state index contributed by atoms with van der Waals surface area (Å²) < 4.78 is 2.72. The van der Waals surface area contributed by atoms with Crippen molar-refractivity contribution in [3.05, 3.63) is 48.8 Å².